The zero-order valence-electron chi connectivity index (χ0n) is 12.2. The van der Waals surface area contributed by atoms with Gasteiger partial charge >= 0.3 is 0 Å². The molecule has 1 fully saturated rings. The van der Waals surface area contributed by atoms with Crippen LogP contribution in [0.1, 0.15) is 23.2 Å². The van der Waals surface area contributed by atoms with Crippen molar-refractivity contribution in [2.24, 2.45) is 0 Å². The molecule has 1 aromatic rings. The highest BCUT2D eigenvalue weighted by molar-refractivity contribution is 5.95. The van der Waals surface area contributed by atoms with Gasteiger partial charge in [0.2, 0.25) is 0 Å². The van der Waals surface area contributed by atoms with E-state index in [0.29, 0.717) is 26.1 Å². The molecule has 0 unspecified atom stereocenters. The number of carbonyl (C=O) groups is 1. The van der Waals surface area contributed by atoms with Gasteiger partial charge in [0.05, 0.1) is 11.2 Å². The van der Waals surface area contributed by atoms with Crippen LogP contribution in [0, 0.1) is 5.82 Å². The number of likely N-dealkylation sites (N-methyl/N-ethyl adjacent to an activating group) is 1. The number of carbonyl (C=O) groups excluding carboxylic acids is 1. The fourth-order valence-corrected chi connectivity index (χ4v) is 2.41. The fourth-order valence-electron chi connectivity index (χ4n) is 2.41. The Hall–Kier alpha value is -1.73. The Balaban J connectivity index is 2.12. The van der Waals surface area contributed by atoms with E-state index in [0.717, 1.165) is 0 Å². The highest BCUT2D eigenvalue weighted by Gasteiger charge is 2.33. The van der Waals surface area contributed by atoms with E-state index in [1.54, 1.807) is 7.05 Å². The van der Waals surface area contributed by atoms with Gasteiger partial charge < -0.3 is 20.1 Å². The first kappa shape index (κ1) is 15.7. The molecule has 2 rings (SSSR count). The maximum Gasteiger partial charge on any atom is 0.256 e. The number of nitrogens with one attached hydrogen (secondary N) is 1. The summed E-state index contributed by atoms with van der Waals surface area (Å²) in [5, 5.41) is 13.0. The summed E-state index contributed by atoms with van der Waals surface area (Å²) in [5.74, 6) is -1.14. The quantitative estimate of drug-likeness (QED) is 0.863. The lowest BCUT2D eigenvalue weighted by molar-refractivity contribution is -0.0734. The Kier molecular flexibility index (Phi) is 4.74. The first-order chi connectivity index (χ1) is 9.97. The standard InChI is InChI=1S/C14H20FN3O3/c1-16-12-11(15)10(3-6-17-12)13(19)18(2)9-14(20)4-7-21-8-5-14/h3,6,20H,4-5,7-9H2,1-2H3,(H,16,17). The number of aromatic nitrogens is 1. The lowest BCUT2D eigenvalue weighted by Gasteiger charge is -2.35. The van der Waals surface area contributed by atoms with E-state index >= 15 is 0 Å². The summed E-state index contributed by atoms with van der Waals surface area (Å²) in [7, 11) is 3.09. The third-order valence-electron chi connectivity index (χ3n) is 3.66. The van der Waals surface area contributed by atoms with E-state index in [2.05, 4.69) is 10.3 Å². The summed E-state index contributed by atoms with van der Waals surface area (Å²) in [6, 6.07) is 1.34. The molecule has 7 heteroatoms. The molecule has 6 nitrogen and oxygen atoms in total. The average Bonchev–Trinajstić information content (AvgIpc) is 2.47. The molecule has 116 valence electrons. The Labute approximate surface area is 122 Å². The average molecular weight is 297 g/mol. The first-order valence-electron chi connectivity index (χ1n) is 6.85. The van der Waals surface area contributed by atoms with Crippen molar-refractivity contribution < 1.29 is 19.0 Å². The predicted molar refractivity (Wildman–Crippen MR) is 75.7 cm³/mol. The molecule has 1 saturated heterocycles. The summed E-state index contributed by atoms with van der Waals surface area (Å²) in [6.45, 7) is 1.07. The van der Waals surface area contributed by atoms with Crippen molar-refractivity contribution >= 4 is 11.7 Å². The van der Waals surface area contributed by atoms with Crippen LogP contribution >= 0.6 is 0 Å². The lowest BCUT2D eigenvalue weighted by Crippen LogP contribution is -2.47. The van der Waals surface area contributed by atoms with Crippen LogP contribution in [0.3, 0.4) is 0 Å². The summed E-state index contributed by atoms with van der Waals surface area (Å²) in [5.41, 5.74) is -1.04. The van der Waals surface area contributed by atoms with Gasteiger partial charge in [-0.05, 0) is 6.07 Å². The molecule has 2 N–H and O–H groups in total. The Morgan fingerprint density at radius 3 is 2.86 bits per heavy atom. The van der Waals surface area contributed by atoms with Gasteiger partial charge in [-0.25, -0.2) is 9.37 Å². The van der Waals surface area contributed by atoms with E-state index in [1.165, 1.54) is 24.2 Å². The summed E-state index contributed by atoms with van der Waals surface area (Å²) in [6.07, 6.45) is 2.30. The van der Waals surface area contributed by atoms with Crippen LogP contribution in [0.2, 0.25) is 0 Å². The van der Waals surface area contributed by atoms with Gasteiger partial charge in [0.15, 0.2) is 11.6 Å². The second-order valence-corrected chi connectivity index (χ2v) is 5.27. The molecule has 0 aliphatic carbocycles. The molecule has 2 heterocycles. The fraction of sp³-hybridized carbons (Fsp3) is 0.571. The Bertz CT molecular complexity index is 518. The first-order valence-corrected chi connectivity index (χ1v) is 6.85. The number of ether oxygens (including phenoxy) is 1. The molecular formula is C14H20FN3O3. The molecule has 1 aromatic heterocycles. The number of pyridine rings is 1. The topological polar surface area (TPSA) is 74.7 Å². The van der Waals surface area contributed by atoms with Crippen molar-refractivity contribution in [2.45, 2.75) is 18.4 Å². The van der Waals surface area contributed by atoms with Crippen LogP contribution in [0.5, 0.6) is 0 Å². The van der Waals surface area contributed by atoms with Gasteiger partial charge in [0.1, 0.15) is 0 Å². The SMILES string of the molecule is CNc1nccc(C(=O)N(C)CC2(O)CCOCC2)c1F. The predicted octanol–water partition coefficient (Wildman–Crippen LogP) is 0.876. The molecule has 0 saturated carbocycles. The van der Waals surface area contributed by atoms with E-state index < -0.39 is 17.3 Å². The number of rotatable bonds is 4. The van der Waals surface area contributed by atoms with Crippen LogP contribution in [-0.2, 0) is 4.74 Å². The number of halogens is 1. The summed E-state index contributed by atoms with van der Waals surface area (Å²) in [4.78, 5) is 17.5. The highest BCUT2D eigenvalue weighted by atomic mass is 19.1. The minimum Gasteiger partial charge on any atom is -0.388 e. The normalized spacial score (nSPS) is 17.3. The van der Waals surface area contributed by atoms with Crippen molar-refractivity contribution in [2.75, 3.05) is 39.2 Å². The number of amides is 1. The zero-order chi connectivity index (χ0) is 15.5. The van der Waals surface area contributed by atoms with E-state index in [1.807, 2.05) is 0 Å². The largest absolute Gasteiger partial charge is 0.388 e. The van der Waals surface area contributed by atoms with Gasteiger partial charge in [-0.15, -0.1) is 0 Å². The van der Waals surface area contributed by atoms with E-state index in [-0.39, 0.29) is 17.9 Å². The second-order valence-electron chi connectivity index (χ2n) is 5.27. The molecule has 21 heavy (non-hydrogen) atoms. The van der Waals surface area contributed by atoms with Crippen LogP contribution in [0.4, 0.5) is 10.2 Å². The van der Waals surface area contributed by atoms with Gasteiger partial charge in [-0.3, -0.25) is 4.79 Å². The van der Waals surface area contributed by atoms with Crippen molar-refractivity contribution in [1.82, 2.24) is 9.88 Å². The number of hydrogen-bond donors (Lipinski definition) is 2. The highest BCUT2D eigenvalue weighted by Crippen LogP contribution is 2.23. The van der Waals surface area contributed by atoms with E-state index in [9.17, 15) is 14.3 Å². The molecule has 0 atom stereocenters. The summed E-state index contributed by atoms with van der Waals surface area (Å²) < 4.78 is 19.3. The van der Waals surface area contributed by atoms with E-state index in [4.69, 9.17) is 4.74 Å². The minimum absolute atomic E-state index is 0.0269. The van der Waals surface area contributed by atoms with Crippen LogP contribution in [-0.4, -0.2) is 60.4 Å². The maximum absolute atomic E-state index is 14.1. The third-order valence-corrected chi connectivity index (χ3v) is 3.66. The molecule has 0 bridgehead atoms. The van der Waals surface area contributed by atoms with Crippen molar-refractivity contribution in [3.05, 3.63) is 23.6 Å². The molecule has 1 aliphatic rings. The smallest absolute Gasteiger partial charge is 0.256 e. The molecule has 0 radical (unpaired) electrons. The van der Waals surface area contributed by atoms with Gasteiger partial charge in [-0.1, -0.05) is 0 Å². The molecule has 1 amide bonds. The lowest BCUT2D eigenvalue weighted by atomic mass is 9.94. The van der Waals surface area contributed by atoms with Crippen molar-refractivity contribution in [3.63, 3.8) is 0 Å². The number of hydrogen-bond acceptors (Lipinski definition) is 5. The minimum atomic E-state index is -0.974. The molecule has 0 aromatic carbocycles. The van der Waals surface area contributed by atoms with Gasteiger partial charge in [0.25, 0.3) is 5.91 Å². The van der Waals surface area contributed by atoms with Crippen molar-refractivity contribution in [3.8, 4) is 0 Å². The third kappa shape index (κ3) is 3.48. The molecular weight excluding hydrogens is 277 g/mol. The monoisotopic (exact) mass is 297 g/mol. The maximum atomic E-state index is 14.1. The number of nitrogens with zero attached hydrogens (tertiary/aromatic N) is 2. The number of aliphatic hydroxyl groups is 1. The second kappa shape index (κ2) is 6.36. The van der Waals surface area contributed by atoms with Gasteiger partial charge in [0, 0.05) is 52.9 Å². The van der Waals surface area contributed by atoms with Crippen LogP contribution < -0.4 is 5.32 Å². The van der Waals surface area contributed by atoms with Crippen LogP contribution in [0.15, 0.2) is 12.3 Å². The van der Waals surface area contributed by atoms with Gasteiger partial charge in [-0.2, -0.15) is 0 Å². The molecule has 1 aliphatic heterocycles. The zero-order valence-corrected chi connectivity index (χ0v) is 12.2. The van der Waals surface area contributed by atoms with Crippen LogP contribution in [0.25, 0.3) is 0 Å². The Morgan fingerprint density at radius 2 is 2.24 bits per heavy atom. The summed E-state index contributed by atoms with van der Waals surface area (Å²) >= 11 is 0. The van der Waals surface area contributed by atoms with Crippen molar-refractivity contribution in [1.29, 1.82) is 0 Å². The molecule has 0 spiro atoms. The number of anilines is 1. The Morgan fingerprint density at radius 1 is 1.57 bits per heavy atom.